The van der Waals surface area contributed by atoms with Crippen molar-refractivity contribution in [3.05, 3.63) is 44.8 Å². The lowest BCUT2D eigenvalue weighted by molar-refractivity contribution is -0.0274. The van der Waals surface area contributed by atoms with Gasteiger partial charge in [0.2, 0.25) is 0 Å². The first-order valence-corrected chi connectivity index (χ1v) is 9.41. The molecule has 4 heteroatoms. The molecule has 2 rings (SSSR count). The van der Waals surface area contributed by atoms with Crippen molar-refractivity contribution in [3.8, 4) is 0 Å². The molecule has 0 saturated heterocycles. The molecule has 2 heterocycles. The van der Waals surface area contributed by atoms with Gasteiger partial charge in [-0.2, -0.15) is 22.7 Å². The fourth-order valence-electron chi connectivity index (χ4n) is 2.66. The standard InChI is InChI=1S/C17H25NOS2/c1-4-8-17(15-6-11-20-13-15,16-7-12-21-14-16)19-10-5-9-18(2)3/h6-7,11-14H,4-5,8-10H2,1-3H3. The highest BCUT2D eigenvalue weighted by Gasteiger charge is 2.35. The van der Waals surface area contributed by atoms with Crippen LogP contribution in [-0.2, 0) is 10.3 Å². The molecule has 21 heavy (non-hydrogen) atoms. The molecule has 0 fully saturated rings. The molecule has 0 unspecified atom stereocenters. The fourth-order valence-corrected chi connectivity index (χ4v) is 4.10. The van der Waals surface area contributed by atoms with Gasteiger partial charge in [-0.05, 0) is 78.3 Å². The van der Waals surface area contributed by atoms with Gasteiger partial charge in [0.1, 0.15) is 5.60 Å². The summed E-state index contributed by atoms with van der Waals surface area (Å²) in [5, 5.41) is 8.77. The Morgan fingerprint density at radius 1 is 1.10 bits per heavy atom. The minimum Gasteiger partial charge on any atom is -0.365 e. The number of nitrogens with zero attached hydrogens (tertiary/aromatic N) is 1. The highest BCUT2D eigenvalue weighted by molar-refractivity contribution is 7.08. The van der Waals surface area contributed by atoms with E-state index in [1.165, 1.54) is 11.1 Å². The van der Waals surface area contributed by atoms with Crippen molar-refractivity contribution in [1.82, 2.24) is 4.90 Å². The van der Waals surface area contributed by atoms with E-state index < -0.39 is 0 Å². The molecule has 0 N–H and O–H groups in total. The largest absolute Gasteiger partial charge is 0.365 e. The van der Waals surface area contributed by atoms with Crippen molar-refractivity contribution >= 4 is 22.7 Å². The zero-order chi connectivity index (χ0) is 15.1. The Labute approximate surface area is 136 Å². The summed E-state index contributed by atoms with van der Waals surface area (Å²) in [5.74, 6) is 0. The smallest absolute Gasteiger partial charge is 0.120 e. The second-order valence-corrected chi connectivity index (χ2v) is 7.17. The Morgan fingerprint density at radius 3 is 2.14 bits per heavy atom. The summed E-state index contributed by atoms with van der Waals surface area (Å²) >= 11 is 3.50. The summed E-state index contributed by atoms with van der Waals surface area (Å²) < 4.78 is 6.50. The Balaban J connectivity index is 2.20. The van der Waals surface area contributed by atoms with Gasteiger partial charge < -0.3 is 9.64 Å². The van der Waals surface area contributed by atoms with E-state index in [9.17, 15) is 0 Å². The third kappa shape index (κ3) is 4.16. The highest BCUT2D eigenvalue weighted by atomic mass is 32.1. The first-order valence-electron chi connectivity index (χ1n) is 7.53. The number of ether oxygens (including phenoxy) is 1. The number of hydrogen-bond acceptors (Lipinski definition) is 4. The van der Waals surface area contributed by atoms with Gasteiger partial charge in [0, 0.05) is 6.61 Å². The lowest BCUT2D eigenvalue weighted by atomic mass is 9.85. The molecule has 2 aromatic heterocycles. The molecule has 0 aliphatic carbocycles. The van der Waals surface area contributed by atoms with Gasteiger partial charge in [0.05, 0.1) is 0 Å². The molecule has 0 atom stereocenters. The summed E-state index contributed by atoms with van der Waals surface area (Å²) in [4.78, 5) is 2.21. The number of hydrogen-bond donors (Lipinski definition) is 0. The van der Waals surface area contributed by atoms with Gasteiger partial charge in [-0.25, -0.2) is 0 Å². The Bertz CT molecular complexity index is 457. The molecular weight excluding hydrogens is 298 g/mol. The van der Waals surface area contributed by atoms with Gasteiger partial charge in [-0.15, -0.1) is 0 Å². The SMILES string of the molecule is CCCC(OCCCN(C)C)(c1ccsc1)c1ccsc1. The van der Waals surface area contributed by atoms with E-state index in [2.05, 4.69) is 59.6 Å². The average molecular weight is 324 g/mol. The van der Waals surface area contributed by atoms with Crippen LogP contribution in [0.3, 0.4) is 0 Å². The quantitative estimate of drug-likeness (QED) is 0.613. The molecule has 0 amide bonds. The Hall–Kier alpha value is -0.680. The van der Waals surface area contributed by atoms with E-state index in [4.69, 9.17) is 4.74 Å². The van der Waals surface area contributed by atoms with Crippen LogP contribution in [0.2, 0.25) is 0 Å². The fraction of sp³-hybridized carbons (Fsp3) is 0.529. The molecule has 116 valence electrons. The summed E-state index contributed by atoms with van der Waals surface area (Å²) in [6.07, 6.45) is 3.20. The van der Waals surface area contributed by atoms with Gasteiger partial charge >= 0.3 is 0 Å². The van der Waals surface area contributed by atoms with Crippen molar-refractivity contribution in [1.29, 1.82) is 0 Å². The average Bonchev–Trinajstić information content (AvgIpc) is 3.14. The highest BCUT2D eigenvalue weighted by Crippen LogP contribution is 2.40. The van der Waals surface area contributed by atoms with Crippen LogP contribution in [0.5, 0.6) is 0 Å². The van der Waals surface area contributed by atoms with Crippen molar-refractivity contribution in [2.24, 2.45) is 0 Å². The van der Waals surface area contributed by atoms with Crippen molar-refractivity contribution in [2.75, 3.05) is 27.2 Å². The molecule has 0 aliphatic heterocycles. The van der Waals surface area contributed by atoms with Crippen LogP contribution in [0.15, 0.2) is 33.7 Å². The predicted molar refractivity (Wildman–Crippen MR) is 93.4 cm³/mol. The van der Waals surface area contributed by atoms with E-state index in [0.717, 1.165) is 32.4 Å². The molecular formula is C17H25NOS2. The monoisotopic (exact) mass is 323 g/mol. The van der Waals surface area contributed by atoms with Gasteiger partial charge in [0.25, 0.3) is 0 Å². The molecule has 0 bridgehead atoms. The van der Waals surface area contributed by atoms with Crippen LogP contribution in [0.25, 0.3) is 0 Å². The first-order chi connectivity index (χ1) is 10.2. The third-order valence-corrected chi connectivity index (χ3v) is 5.04. The van der Waals surface area contributed by atoms with Gasteiger partial charge in [-0.1, -0.05) is 13.3 Å². The summed E-state index contributed by atoms with van der Waals surface area (Å²) in [5.41, 5.74) is 2.34. The van der Waals surface area contributed by atoms with Crippen molar-refractivity contribution in [2.45, 2.75) is 31.8 Å². The summed E-state index contributed by atoms with van der Waals surface area (Å²) in [7, 11) is 4.22. The van der Waals surface area contributed by atoms with Crippen LogP contribution in [0, 0.1) is 0 Å². The second kappa shape index (κ2) is 8.08. The summed E-state index contributed by atoms with van der Waals surface area (Å²) in [6, 6.07) is 4.42. The molecule has 0 aliphatic rings. The van der Waals surface area contributed by atoms with Crippen molar-refractivity contribution < 1.29 is 4.74 Å². The molecule has 0 saturated carbocycles. The second-order valence-electron chi connectivity index (χ2n) is 5.61. The van der Waals surface area contributed by atoms with Gasteiger partial charge in [0.15, 0.2) is 0 Å². The van der Waals surface area contributed by atoms with Crippen LogP contribution in [-0.4, -0.2) is 32.1 Å². The van der Waals surface area contributed by atoms with Crippen LogP contribution < -0.4 is 0 Å². The lowest BCUT2D eigenvalue weighted by Crippen LogP contribution is -2.31. The van der Waals surface area contributed by atoms with Gasteiger partial charge in [-0.3, -0.25) is 0 Å². The zero-order valence-corrected chi connectivity index (χ0v) is 14.8. The maximum Gasteiger partial charge on any atom is 0.120 e. The Morgan fingerprint density at radius 2 is 1.71 bits per heavy atom. The first kappa shape index (κ1) is 16.7. The normalized spacial score (nSPS) is 12.2. The maximum absolute atomic E-state index is 6.50. The molecule has 0 radical (unpaired) electrons. The molecule has 2 aromatic rings. The predicted octanol–water partition coefficient (Wildman–Crippen LogP) is 4.82. The van der Waals surface area contributed by atoms with E-state index in [1.807, 2.05) is 0 Å². The van der Waals surface area contributed by atoms with Crippen molar-refractivity contribution in [3.63, 3.8) is 0 Å². The minimum atomic E-state index is -0.263. The zero-order valence-electron chi connectivity index (χ0n) is 13.2. The molecule has 0 spiro atoms. The van der Waals surface area contributed by atoms with Crippen LogP contribution in [0.4, 0.5) is 0 Å². The number of thiophene rings is 2. The molecule has 0 aromatic carbocycles. The topological polar surface area (TPSA) is 12.5 Å². The number of rotatable bonds is 9. The van der Waals surface area contributed by atoms with E-state index >= 15 is 0 Å². The minimum absolute atomic E-state index is 0.263. The lowest BCUT2D eigenvalue weighted by Gasteiger charge is -2.33. The Kier molecular flexibility index (Phi) is 6.42. The van der Waals surface area contributed by atoms with E-state index in [-0.39, 0.29) is 5.60 Å². The van der Waals surface area contributed by atoms with Crippen LogP contribution in [0.1, 0.15) is 37.3 Å². The van der Waals surface area contributed by atoms with Crippen LogP contribution >= 0.6 is 22.7 Å². The van der Waals surface area contributed by atoms with E-state index in [0.29, 0.717) is 0 Å². The summed E-state index contributed by atoms with van der Waals surface area (Å²) in [6.45, 7) is 4.09. The molecule has 2 nitrogen and oxygen atoms in total. The third-order valence-electron chi connectivity index (χ3n) is 3.68. The maximum atomic E-state index is 6.50. The van der Waals surface area contributed by atoms with E-state index in [1.54, 1.807) is 22.7 Å².